The second-order valence-corrected chi connectivity index (χ2v) is 4.15. The van der Waals surface area contributed by atoms with Gasteiger partial charge in [0.05, 0.1) is 0 Å². The monoisotopic (exact) mass is 235 g/mol. The molecule has 17 heavy (non-hydrogen) atoms. The Hall–Kier alpha value is -1.85. The van der Waals surface area contributed by atoms with E-state index in [0.29, 0.717) is 17.7 Å². The number of aromatic nitrogens is 2. The molecule has 6 nitrogen and oxygen atoms in total. The van der Waals surface area contributed by atoms with Crippen molar-refractivity contribution in [3.63, 3.8) is 0 Å². The zero-order valence-electron chi connectivity index (χ0n) is 9.87. The maximum absolute atomic E-state index is 8.63. The maximum atomic E-state index is 8.63. The number of hydrogen-bond acceptors (Lipinski definition) is 5. The molecule has 1 saturated carbocycles. The van der Waals surface area contributed by atoms with Gasteiger partial charge < -0.3 is 15.8 Å². The van der Waals surface area contributed by atoms with Crippen molar-refractivity contribution in [1.82, 2.24) is 9.97 Å². The molecule has 0 amide bonds. The van der Waals surface area contributed by atoms with Gasteiger partial charge in [-0.1, -0.05) is 12.1 Å². The molecule has 0 aliphatic heterocycles. The molecule has 1 aromatic heterocycles. The smallest absolute Gasteiger partial charge is 0.226 e. The Bertz CT molecular complexity index is 416. The first-order valence-electron chi connectivity index (χ1n) is 5.83. The molecule has 0 bridgehead atoms. The fourth-order valence-electron chi connectivity index (χ4n) is 1.75. The van der Waals surface area contributed by atoms with E-state index < -0.39 is 0 Å². The second kappa shape index (κ2) is 4.99. The van der Waals surface area contributed by atoms with E-state index in [1.807, 2.05) is 0 Å². The van der Waals surface area contributed by atoms with Crippen LogP contribution in [0.2, 0.25) is 0 Å². The lowest BCUT2D eigenvalue weighted by Gasteiger charge is -2.21. The van der Waals surface area contributed by atoms with Crippen LogP contribution in [0.25, 0.3) is 0 Å². The van der Waals surface area contributed by atoms with Crippen molar-refractivity contribution in [2.75, 3.05) is 11.4 Å². The Morgan fingerprint density at radius 3 is 3.00 bits per heavy atom. The fraction of sp³-hybridized carbons (Fsp3) is 0.545. The van der Waals surface area contributed by atoms with Crippen LogP contribution in [0.5, 0.6) is 0 Å². The second-order valence-electron chi connectivity index (χ2n) is 4.15. The van der Waals surface area contributed by atoms with Crippen LogP contribution < -0.4 is 10.6 Å². The Morgan fingerprint density at radius 1 is 1.65 bits per heavy atom. The first-order valence-corrected chi connectivity index (χ1v) is 5.83. The lowest BCUT2D eigenvalue weighted by atomic mass is 10.3. The van der Waals surface area contributed by atoms with E-state index in [1.165, 1.54) is 12.8 Å². The highest BCUT2D eigenvalue weighted by molar-refractivity contribution is 5.95. The molecule has 3 N–H and O–H groups in total. The SMILES string of the molecule is CCCN(c1nccc(/C(N)=N/O)n1)C1CC1. The van der Waals surface area contributed by atoms with Gasteiger partial charge in [0.15, 0.2) is 5.84 Å². The van der Waals surface area contributed by atoms with Crippen LogP contribution in [0.1, 0.15) is 31.9 Å². The summed E-state index contributed by atoms with van der Waals surface area (Å²) in [6.07, 6.45) is 5.07. The third-order valence-corrected chi connectivity index (χ3v) is 2.72. The molecule has 0 radical (unpaired) electrons. The minimum absolute atomic E-state index is 0.0147. The molecule has 1 aromatic rings. The number of nitrogens with zero attached hydrogens (tertiary/aromatic N) is 4. The minimum atomic E-state index is 0.0147. The third-order valence-electron chi connectivity index (χ3n) is 2.72. The van der Waals surface area contributed by atoms with Gasteiger partial charge in [0, 0.05) is 18.8 Å². The quantitative estimate of drug-likeness (QED) is 0.343. The van der Waals surface area contributed by atoms with Gasteiger partial charge in [0.2, 0.25) is 5.95 Å². The van der Waals surface area contributed by atoms with Gasteiger partial charge in [0.25, 0.3) is 0 Å². The van der Waals surface area contributed by atoms with Crippen molar-refractivity contribution in [2.45, 2.75) is 32.2 Å². The molecule has 0 saturated heterocycles. The number of anilines is 1. The van der Waals surface area contributed by atoms with Gasteiger partial charge in [-0.3, -0.25) is 0 Å². The summed E-state index contributed by atoms with van der Waals surface area (Å²) in [6, 6.07) is 2.19. The minimum Gasteiger partial charge on any atom is -0.409 e. The van der Waals surface area contributed by atoms with Crippen LogP contribution in [-0.4, -0.2) is 33.6 Å². The Balaban J connectivity index is 2.24. The molecule has 0 aromatic carbocycles. The van der Waals surface area contributed by atoms with Crippen LogP contribution in [0, 0.1) is 0 Å². The van der Waals surface area contributed by atoms with Crippen LogP contribution in [0.15, 0.2) is 17.4 Å². The summed E-state index contributed by atoms with van der Waals surface area (Å²) in [7, 11) is 0. The number of hydrogen-bond donors (Lipinski definition) is 2. The average molecular weight is 235 g/mol. The van der Waals surface area contributed by atoms with Crippen LogP contribution in [0.4, 0.5) is 5.95 Å². The highest BCUT2D eigenvalue weighted by Crippen LogP contribution is 2.29. The molecule has 0 atom stereocenters. The lowest BCUT2D eigenvalue weighted by molar-refractivity contribution is 0.318. The highest BCUT2D eigenvalue weighted by Gasteiger charge is 2.30. The first kappa shape index (κ1) is 11.6. The predicted molar refractivity (Wildman–Crippen MR) is 65.2 cm³/mol. The normalized spacial score (nSPS) is 15.9. The Morgan fingerprint density at radius 2 is 2.41 bits per heavy atom. The molecule has 2 rings (SSSR count). The lowest BCUT2D eigenvalue weighted by Crippen LogP contribution is -2.29. The summed E-state index contributed by atoms with van der Waals surface area (Å²) in [5.41, 5.74) is 5.98. The van der Waals surface area contributed by atoms with E-state index in [-0.39, 0.29) is 5.84 Å². The first-order chi connectivity index (χ1) is 8.26. The van der Waals surface area contributed by atoms with Crippen molar-refractivity contribution in [3.05, 3.63) is 18.0 Å². The zero-order valence-corrected chi connectivity index (χ0v) is 9.87. The zero-order chi connectivity index (χ0) is 12.3. The summed E-state index contributed by atoms with van der Waals surface area (Å²) in [6.45, 7) is 3.06. The summed E-state index contributed by atoms with van der Waals surface area (Å²) in [4.78, 5) is 10.8. The molecule has 0 spiro atoms. The largest absolute Gasteiger partial charge is 0.409 e. The van der Waals surface area contributed by atoms with Crippen molar-refractivity contribution < 1.29 is 5.21 Å². The van der Waals surface area contributed by atoms with Gasteiger partial charge in [-0.2, -0.15) is 0 Å². The topological polar surface area (TPSA) is 87.6 Å². The van der Waals surface area contributed by atoms with Gasteiger partial charge in [-0.25, -0.2) is 9.97 Å². The third kappa shape index (κ3) is 2.64. The molecule has 6 heteroatoms. The molecular formula is C11H17N5O. The molecule has 1 fully saturated rings. The van der Waals surface area contributed by atoms with E-state index in [0.717, 1.165) is 13.0 Å². The Labute approximate surface area is 100 Å². The molecule has 1 aliphatic rings. The van der Waals surface area contributed by atoms with Crippen LogP contribution in [0.3, 0.4) is 0 Å². The molecule has 92 valence electrons. The summed E-state index contributed by atoms with van der Waals surface area (Å²) in [5, 5.41) is 11.6. The molecular weight excluding hydrogens is 218 g/mol. The van der Waals surface area contributed by atoms with Gasteiger partial charge in [0.1, 0.15) is 5.69 Å². The highest BCUT2D eigenvalue weighted by atomic mass is 16.4. The van der Waals surface area contributed by atoms with E-state index >= 15 is 0 Å². The molecule has 1 aliphatic carbocycles. The molecule has 0 unspecified atom stereocenters. The van der Waals surface area contributed by atoms with E-state index in [2.05, 4.69) is 26.9 Å². The van der Waals surface area contributed by atoms with Crippen molar-refractivity contribution >= 4 is 11.8 Å². The average Bonchev–Trinajstić information content (AvgIpc) is 3.19. The maximum Gasteiger partial charge on any atom is 0.226 e. The number of nitrogens with two attached hydrogens (primary N) is 1. The van der Waals surface area contributed by atoms with E-state index in [1.54, 1.807) is 12.3 Å². The fourth-order valence-corrected chi connectivity index (χ4v) is 1.75. The van der Waals surface area contributed by atoms with Gasteiger partial charge in [-0.15, -0.1) is 0 Å². The van der Waals surface area contributed by atoms with Gasteiger partial charge in [-0.05, 0) is 25.3 Å². The predicted octanol–water partition coefficient (Wildman–Crippen LogP) is 0.950. The van der Waals surface area contributed by atoms with Crippen LogP contribution in [-0.2, 0) is 0 Å². The molecule has 1 heterocycles. The summed E-state index contributed by atoms with van der Waals surface area (Å²) >= 11 is 0. The van der Waals surface area contributed by atoms with Gasteiger partial charge >= 0.3 is 0 Å². The van der Waals surface area contributed by atoms with Crippen LogP contribution >= 0.6 is 0 Å². The Kier molecular flexibility index (Phi) is 3.41. The summed E-state index contributed by atoms with van der Waals surface area (Å²) < 4.78 is 0. The van der Waals surface area contributed by atoms with Crippen molar-refractivity contribution in [2.24, 2.45) is 10.9 Å². The number of oxime groups is 1. The number of amidine groups is 1. The summed E-state index contributed by atoms with van der Waals surface area (Å²) in [5.74, 6) is 0.680. The van der Waals surface area contributed by atoms with E-state index in [4.69, 9.17) is 10.9 Å². The van der Waals surface area contributed by atoms with Crippen molar-refractivity contribution in [3.8, 4) is 0 Å². The standard InChI is InChI=1S/C11H17N5O/c1-2-7-16(8-3-4-8)11-13-6-5-9(14-11)10(12)15-17/h5-6,8,17H,2-4,7H2,1H3,(H2,12,15). The van der Waals surface area contributed by atoms with Crippen molar-refractivity contribution in [1.29, 1.82) is 0 Å². The van der Waals surface area contributed by atoms with E-state index in [9.17, 15) is 0 Å². The number of rotatable bonds is 5.